The zero-order valence-electron chi connectivity index (χ0n) is 10.1. The molecule has 1 aromatic heterocycles. The minimum atomic E-state index is 0. The van der Waals surface area contributed by atoms with Gasteiger partial charge in [-0.05, 0) is 22.6 Å². The molecule has 0 spiro atoms. The molecule has 4 nitrogen and oxygen atoms in total. The van der Waals surface area contributed by atoms with E-state index >= 15 is 0 Å². The number of rotatable bonds is 3. The molecule has 0 radical (unpaired) electrons. The second kappa shape index (κ2) is 6.98. The zero-order valence-corrected chi connectivity index (χ0v) is 11.7. The first-order valence-corrected chi connectivity index (χ1v) is 6.39. The number of hydrogen-bond donors (Lipinski definition) is 2. The van der Waals surface area contributed by atoms with Gasteiger partial charge in [0.05, 0.1) is 12.5 Å². The summed E-state index contributed by atoms with van der Waals surface area (Å²) in [5, 5.41) is 18.4. The first kappa shape index (κ1) is 15.3. The number of hydrogen-bond acceptors (Lipinski definition) is 4. The molecule has 0 saturated heterocycles. The van der Waals surface area contributed by atoms with Crippen LogP contribution in [-0.4, -0.2) is 10.2 Å². The average Bonchev–Trinajstić information content (AvgIpc) is 2.38. The third-order valence-corrected chi connectivity index (χ3v) is 3.43. The van der Waals surface area contributed by atoms with Gasteiger partial charge >= 0.3 is 0 Å². The molecule has 2 aromatic rings. The summed E-state index contributed by atoms with van der Waals surface area (Å²) < 4.78 is 0. The highest BCUT2D eigenvalue weighted by molar-refractivity contribution is 8.13. The number of aromatic nitrogens is 1. The van der Waals surface area contributed by atoms with Crippen molar-refractivity contribution in [1.82, 2.24) is 4.98 Å². The summed E-state index contributed by atoms with van der Waals surface area (Å²) in [6.07, 6.45) is 3.87. The maximum Gasteiger partial charge on any atom is 0.151 e. The van der Waals surface area contributed by atoms with Crippen molar-refractivity contribution in [2.75, 3.05) is 0 Å². The Kier molecular flexibility index (Phi) is 5.61. The van der Waals surface area contributed by atoms with Crippen LogP contribution in [0.15, 0.2) is 30.6 Å². The molecular weight excluding hydrogens is 280 g/mol. The van der Waals surface area contributed by atoms with Crippen molar-refractivity contribution < 1.29 is 0 Å². The summed E-state index contributed by atoms with van der Waals surface area (Å²) in [5.41, 5.74) is 7.41. The number of amidine groups is 1. The average molecular weight is 293 g/mol. The van der Waals surface area contributed by atoms with Gasteiger partial charge in [-0.3, -0.25) is 10.4 Å². The molecule has 1 aromatic carbocycles. The monoisotopic (exact) mass is 292 g/mol. The minimum Gasteiger partial charge on any atom is -0.379 e. The highest BCUT2D eigenvalue weighted by Crippen LogP contribution is 2.25. The standard InChI is InChI=1S/C13H12N4S.ClH/c14-5-3-11-10(8-18-13(15)16)2-1-9-7-17-6-4-12(9)11;/h1-2,4,6-7H,3,8H2,(H3,15,16);1H. The second-order valence-electron chi connectivity index (χ2n) is 3.79. The van der Waals surface area contributed by atoms with Gasteiger partial charge in [0.25, 0.3) is 0 Å². The van der Waals surface area contributed by atoms with Crippen LogP contribution in [0.4, 0.5) is 0 Å². The number of benzene rings is 1. The molecule has 0 saturated carbocycles. The topological polar surface area (TPSA) is 86.5 Å². The molecule has 0 bridgehead atoms. The summed E-state index contributed by atoms with van der Waals surface area (Å²) in [5.74, 6) is 0.616. The summed E-state index contributed by atoms with van der Waals surface area (Å²) in [4.78, 5) is 4.08. The van der Waals surface area contributed by atoms with E-state index in [1.165, 1.54) is 11.8 Å². The van der Waals surface area contributed by atoms with E-state index in [1.54, 1.807) is 12.4 Å². The van der Waals surface area contributed by atoms with Gasteiger partial charge in [0, 0.05) is 23.5 Å². The molecular formula is C13H13ClN4S. The van der Waals surface area contributed by atoms with Crippen molar-refractivity contribution in [3.8, 4) is 6.07 Å². The molecule has 0 fully saturated rings. The largest absolute Gasteiger partial charge is 0.379 e. The summed E-state index contributed by atoms with van der Waals surface area (Å²) in [7, 11) is 0. The van der Waals surface area contributed by atoms with Gasteiger partial charge in [-0.25, -0.2) is 0 Å². The van der Waals surface area contributed by atoms with E-state index in [0.717, 1.165) is 21.9 Å². The van der Waals surface area contributed by atoms with Crippen molar-refractivity contribution in [3.63, 3.8) is 0 Å². The molecule has 0 aliphatic heterocycles. The van der Waals surface area contributed by atoms with Gasteiger partial charge in [0.2, 0.25) is 0 Å². The summed E-state index contributed by atoms with van der Waals surface area (Å²) in [6, 6.07) is 8.07. The molecule has 3 N–H and O–H groups in total. The third-order valence-electron chi connectivity index (χ3n) is 2.67. The number of nitriles is 1. The maximum absolute atomic E-state index is 8.94. The number of halogens is 1. The van der Waals surface area contributed by atoms with Crippen LogP contribution in [-0.2, 0) is 12.2 Å². The Balaban J connectivity index is 0.00000180. The van der Waals surface area contributed by atoms with Gasteiger partial charge in [-0.2, -0.15) is 5.26 Å². The highest BCUT2D eigenvalue weighted by Gasteiger charge is 2.08. The van der Waals surface area contributed by atoms with Gasteiger partial charge in [-0.1, -0.05) is 23.9 Å². The van der Waals surface area contributed by atoms with E-state index in [2.05, 4.69) is 11.1 Å². The molecule has 2 rings (SSSR count). The third kappa shape index (κ3) is 3.60. The fourth-order valence-corrected chi connectivity index (χ4v) is 2.44. The predicted molar refractivity (Wildman–Crippen MR) is 81.5 cm³/mol. The predicted octanol–water partition coefficient (Wildman–Crippen LogP) is 2.85. The Morgan fingerprint density at radius 3 is 2.89 bits per heavy atom. The van der Waals surface area contributed by atoms with Crippen LogP contribution in [0.1, 0.15) is 11.1 Å². The Labute approximate surface area is 121 Å². The van der Waals surface area contributed by atoms with Crippen LogP contribution in [0.25, 0.3) is 10.8 Å². The Morgan fingerprint density at radius 1 is 1.42 bits per heavy atom. The van der Waals surface area contributed by atoms with Crippen molar-refractivity contribution >= 4 is 40.1 Å². The van der Waals surface area contributed by atoms with Crippen molar-refractivity contribution in [2.24, 2.45) is 5.73 Å². The maximum atomic E-state index is 8.94. The molecule has 1 heterocycles. The number of nitrogens with one attached hydrogen (secondary N) is 1. The molecule has 19 heavy (non-hydrogen) atoms. The lowest BCUT2D eigenvalue weighted by Gasteiger charge is -2.09. The molecule has 98 valence electrons. The van der Waals surface area contributed by atoms with Gasteiger partial charge < -0.3 is 5.73 Å². The molecule has 0 amide bonds. The fourth-order valence-electron chi connectivity index (χ4n) is 1.86. The Bertz CT molecular complexity index is 636. The SMILES string of the molecule is Cl.N#CCc1c(CSC(=N)N)ccc2cnccc12. The quantitative estimate of drug-likeness (QED) is 0.673. The van der Waals surface area contributed by atoms with Crippen molar-refractivity contribution in [2.45, 2.75) is 12.2 Å². The van der Waals surface area contributed by atoms with Crippen LogP contribution >= 0.6 is 24.2 Å². The number of thioether (sulfide) groups is 1. The first-order chi connectivity index (χ1) is 8.72. The normalized spacial score (nSPS) is 9.63. The number of fused-ring (bicyclic) bond motifs is 1. The Morgan fingerprint density at radius 2 is 2.21 bits per heavy atom. The minimum absolute atomic E-state index is 0. The lowest BCUT2D eigenvalue weighted by Crippen LogP contribution is -2.04. The van der Waals surface area contributed by atoms with Crippen LogP contribution in [0.3, 0.4) is 0 Å². The first-order valence-electron chi connectivity index (χ1n) is 5.40. The lowest BCUT2D eigenvalue weighted by atomic mass is 9.99. The van der Waals surface area contributed by atoms with Crippen molar-refractivity contribution in [3.05, 3.63) is 41.7 Å². The van der Waals surface area contributed by atoms with E-state index in [0.29, 0.717) is 12.2 Å². The zero-order chi connectivity index (χ0) is 13.0. The van der Waals surface area contributed by atoms with Gasteiger partial charge in [0.15, 0.2) is 5.17 Å². The smallest absolute Gasteiger partial charge is 0.151 e. The van der Waals surface area contributed by atoms with Crippen LogP contribution in [0.2, 0.25) is 0 Å². The van der Waals surface area contributed by atoms with Crippen LogP contribution < -0.4 is 5.73 Å². The molecule has 0 unspecified atom stereocenters. The van der Waals surface area contributed by atoms with Crippen LogP contribution in [0.5, 0.6) is 0 Å². The van der Waals surface area contributed by atoms with E-state index in [-0.39, 0.29) is 17.6 Å². The summed E-state index contributed by atoms with van der Waals surface area (Å²) >= 11 is 1.27. The lowest BCUT2D eigenvalue weighted by molar-refractivity contribution is 1.22. The van der Waals surface area contributed by atoms with Gasteiger partial charge in [-0.15, -0.1) is 12.4 Å². The fraction of sp³-hybridized carbons (Fsp3) is 0.154. The van der Waals surface area contributed by atoms with E-state index in [4.69, 9.17) is 16.4 Å². The molecule has 0 atom stereocenters. The van der Waals surface area contributed by atoms with E-state index in [1.807, 2.05) is 18.2 Å². The number of nitrogens with zero attached hydrogens (tertiary/aromatic N) is 2. The molecule has 6 heteroatoms. The molecule has 0 aliphatic rings. The number of pyridine rings is 1. The van der Waals surface area contributed by atoms with E-state index < -0.39 is 0 Å². The van der Waals surface area contributed by atoms with Gasteiger partial charge in [0.1, 0.15) is 0 Å². The number of nitrogens with two attached hydrogens (primary N) is 1. The highest BCUT2D eigenvalue weighted by atomic mass is 35.5. The second-order valence-corrected chi connectivity index (χ2v) is 4.81. The van der Waals surface area contributed by atoms with E-state index in [9.17, 15) is 0 Å². The summed E-state index contributed by atoms with van der Waals surface area (Å²) in [6.45, 7) is 0. The van der Waals surface area contributed by atoms with Crippen molar-refractivity contribution in [1.29, 1.82) is 10.7 Å². The molecule has 0 aliphatic carbocycles. The Hall–Kier alpha value is -1.77. The van der Waals surface area contributed by atoms with Crippen LogP contribution in [0, 0.1) is 16.7 Å².